The van der Waals surface area contributed by atoms with Crippen LogP contribution in [0.25, 0.3) is 11.0 Å². The maximum Gasteiger partial charge on any atom is 0.308 e. The summed E-state index contributed by atoms with van der Waals surface area (Å²) in [6, 6.07) is 20.4. The maximum absolute atomic E-state index is 12.5. The molecule has 0 spiro atoms. The summed E-state index contributed by atoms with van der Waals surface area (Å²) in [6.07, 6.45) is 1.48. The quantitative estimate of drug-likeness (QED) is 0.110. The van der Waals surface area contributed by atoms with Crippen LogP contribution in [0.4, 0.5) is 0 Å². The van der Waals surface area contributed by atoms with E-state index in [1.54, 1.807) is 18.2 Å². The number of methoxy groups -OCH3 is 1. The van der Waals surface area contributed by atoms with Crippen LogP contribution in [0.2, 0.25) is 5.02 Å². The molecule has 0 aliphatic carbocycles. The normalized spacial score (nSPS) is 11.1. The number of carbonyl (C=O) groups is 2. The number of nitrogens with one attached hydrogen (secondary N) is 1. The molecule has 8 nitrogen and oxygen atoms in total. The van der Waals surface area contributed by atoms with Crippen molar-refractivity contribution in [1.82, 2.24) is 15.0 Å². The molecule has 184 valence electrons. The van der Waals surface area contributed by atoms with Crippen molar-refractivity contribution in [2.24, 2.45) is 5.10 Å². The van der Waals surface area contributed by atoms with E-state index in [-0.39, 0.29) is 11.7 Å². The molecule has 0 bridgehead atoms. The predicted octanol–water partition coefficient (Wildman–Crippen LogP) is 4.91. The lowest BCUT2D eigenvalue weighted by Crippen LogP contribution is -2.20. The number of ether oxygens (including phenoxy) is 2. The van der Waals surface area contributed by atoms with E-state index in [0.717, 1.165) is 16.6 Å². The van der Waals surface area contributed by atoms with Gasteiger partial charge in [0.2, 0.25) is 0 Å². The van der Waals surface area contributed by atoms with Gasteiger partial charge in [0.05, 0.1) is 36.7 Å². The van der Waals surface area contributed by atoms with E-state index in [4.69, 9.17) is 26.1 Å². The van der Waals surface area contributed by atoms with Gasteiger partial charge in [-0.2, -0.15) is 5.10 Å². The molecule has 1 aromatic heterocycles. The Kier molecular flexibility index (Phi) is 8.24. The molecule has 4 rings (SSSR count). The molecule has 0 atom stereocenters. The molecule has 0 radical (unpaired) electrons. The first kappa shape index (κ1) is 25.3. The van der Waals surface area contributed by atoms with E-state index in [1.165, 1.54) is 32.0 Å². The molecule has 0 aliphatic heterocycles. The number of hydrogen-bond donors (Lipinski definition) is 1. The number of amides is 1. The van der Waals surface area contributed by atoms with E-state index in [1.807, 2.05) is 48.5 Å². The molecule has 0 unspecified atom stereocenters. The Balaban J connectivity index is 1.42. The first-order chi connectivity index (χ1) is 17.4. The first-order valence-corrected chi connectivity index (χ1v) is 12.3. The number of aromatic nitrogens is 2. The SMILES string of the molecule is COc1cc(/C=N\NC(=O)CSc2nc3ccccc3n2Cc2ccccc2Cl)ccc1OC(C)=O. The lowest BCUT2D eigenvalue weighted by molar-refractivity contribution is -0.132. The average molecular weight is 523 g/mol. The average Bonchev–Trinajstić information content (AvgIpc) is 3.22. The zero-order valence-electron chi connectivity index (χ0n) is 19.6. The van der Waals surface area contributed by atoms with Crippen LogP contribution in [0.15, 0.2) is 77.0 Å². The van der Waals surface area contributed by atoms with Crippen LogP contribution in [0.3, 0.4) is 0 Å². The molecule has 10 heteroatoms. The summed E-state index contributed by atoms with van der Waals surface area (Å²) >= 11 is 7.70. The maximum atomic E-state index is 12.5. The number of hydrogen-bond acceptors (Lipinski definition) is 7. The van der Waals surface area contributed by atoms with Crippen molar-refractivity contribution in [2.75, 3.05) is 12.9 Å². The van der Waals surface area contributed by atoms with Gasteiger partial charge in [0.15, 0.2) is 16.7 Å². The molecule has 4 aromatic rings. The lowest BCUT2D eigenvalue weighted by Gasteiger charge is -2.10. The first-order valence-electron chi connectivity index (χ1n) is 10.9. The summed E-state index contributed by atoms with van der Waals surface area (Å²) < 4.78 is 12.4. The second kappa shape index (κ2) is 11.7. The van der Waals surface area contributed by atoms with E-state index >= 15 is 0 Å². The van der Waals surface area contributed by atoms with Gasteiger partial charge in [-0.05, 0) is 47.5 Å². The third-order valence-electron chi connectivity index (χ3n) is 5.08. The summed E-state index contributed by atoms with van der Waals surface area (Å²) in [4.78, 5) is 28.3. The Morgan fingerprint density at radius 2 is 1.89 bits per heavy atom. The molecule has 1 heterocycles. The highest BCUT2D eigenvalue weighted by Gasteiger charge is 2.14. The van der Waals surface area contributed by atoms with Gasteiger partial charge in [0.25, 0.3) is 5.91 Å². The minimum absolute atomic E-state index is 0.123. The Bertz CT molecular complexity index is 1440. The van der Waals surface area contributed by atoms with Gasteiger partial charge in [0, 0.05) is 11.9 Å². The number of esters is 1. The van der Waals surface area contributed by atoms with Crippen molar-refractivity contribution in [1.29, 1.82) is 0 Å². The Hall–Kier alpha value is -3.82. The smallest absolute Gasteiger partial charge is 0.308 e. The number of imidazole rings is 1. The van der Waals surface area contributed by atoms with Crippen molar-refractivity contribution in [3.8, 4) is 11.5 Å². The zero-order valence-corrected chi connectivity index (χ0v) is 21.2. The topological polar surface area (TPSA) is 94.8 Å². The van der Waals surface area contributed by atoms with Crippen LogP contribution in [-0.2, 0) is 16.1 Å². The van der Waals surface area contributed by atoms with Crippen LogP contribution in [0.5, 0.6) is 11.5 Å². The number of carbonyl (C=O) groups excluding carboxylic acids is 2. The standard InChI is InChI=1S/C26H23ClN4O4S/c1-17(32)35-23-12-11-18(13-24(23)34-2)14-28-30-25(33)16-36-26-29-21-9-5-6-10-22(21)31(26)15-19-7-3-4-8-20(19)27/h3-14H,15-16H2,1-2H3,(H,30,33)/b28-14-. The third kappa shape index (κ3) is 6.24. The number of fused-ring (bicyclic) bond motifs is 1. The molecular weight excluding hydrogens is 500 g/mol. The van der Waals surface area contributed by atoms with E-state index < -0.39 is 5.97 Å². The Morgan fingerprint density at radius 3 is 2.67 bits per heavy atom. The van der Waals surface area contributed by atoms with Gasteiger partial charge in [-0.1, -0.05) is 53.7 Å². The number of rotatable bonds is 9. The molecule has 0 aliphatic rings. The van der Waals surface area contributed by atoms with Crippen molar-refractivity contribution >= 4 is 52.5 Å². The van der Waals surface area contributed by atoms with E-state index in [2.05, 4.69) is 15.1 Å². The number of hydrazone groups is 1. The Labute approximate surface area is 217 Å². The van der Waals surface area contributed by atoms with Crippen LogP contribution >= 0.6 is 23.4 Å². The minimum Gasteiger partial charge on any atom is -0.493 e. The van der Waals surface area contributed by atoms with Gasteiger partial charge in [0.1, 0.15) is 0 Å². The van der Waals surface area contributed by atoms with E-state index in [0.29, 0.717) is 33.8 Å². The molecule has 0 saturated heterocycles. The number of halogens is 1. The molecule has 3 aromatic carbocycles. The third-order valence-corrected chi connectivity index (χ3v) is 6.43. The monoisotopic (exact) mass is 522 g/mol. The van der Waals surface area contributed by atoms with Gasteiger partial charge in [-0.15, -0.1) is 0 Å². The van der Waals surface area contributed by atoms with Gasteiger partial charge in [-0.25, -0.2) is 10.4 Å². The van der Waals surface area contributed by atoms with Gasteiger partial charge in [-0.3, -0.25) is 9.59 Å². The molecule has 1 N–H and O–H groups in total. The van der Waals surface area contributed by atoms with Gasteiger partial charge < -0.3 is 14.0 Å². The van der Waals surface area contributed by atoms with Crippen molar-refractivity contribution in [2.45, 2.75) is 18.6 Å². The van der Waals surface area contributed by atoms with Crippen LogP contribution in [0.1, 0.15) is 18.1 Å². The number of nitrogens with zero attached hydrogens (tertiary/aromatic N) is 3. The van der Waals surface area contributed by atoms with Crippen molar-refractivity contribution < 1.29 is 19.1 Å². The fourth-order valence-electron chi connectivity index (χ4n) is 3.46. The summed E-state index contributed by atoms with van der Waals surface area (Å²) in [5.74, 6) is 0.0874. The highest BCUT2D eigenvalue weighted by Crippen LogP contribution is 2.28. The van der Waals surface area contributed by atoms with Crippen LogP contribution < -0.4 is 14.9 Å². The predicted molar refractivity (Wildman–Crippen MR) is 141 cm³/mol. The number of benzene rings is 3. The van der Waals surface area contributed by atoms with Crippen LogP contribution in [-0.4, -0.2) is 40.5 Å². The number of thioether (sulfide) groups is 1. The molecule has 0 fully saturated rings. The fourth-order valence-corrected chi connectivity index (χ4v) is 4.46. The summed E-state index contributed by atoms with van der Waals surface area (Å²) in [6.45, 7) is 1.85. The summed E-state index contributed by atoms with van der Waals surface area (Å²) in [7, 11) is 1.47. The van der Waals surface area contributed by atoms with Gasteiger partial charge >= 0.3 is 5.97 Å². The second-order valence-corrected chi connectivity index (χ2v) is 9.00. The Morgan fingerprint density at radius 1 is 1.11 bits per heavy atom. The minimum atomic E-state index is -0.445. The zero-order chi connectivity index (χ0) is 25.5. The van der Waals surface area contributed by atoms with E-state index in [9.17, 15) is 9.59 Å². The molecule has 36 heavy (non-hydrogen) atoms. The summed E-state index contributed by atoms with van der Waals surface area (Å²) in [5.41, 5.74) is 5.96. The molecule has 0 saturated carbocycles. The fraction of sp³-hybridized carbons (Fsp3) is 0.154. The summed E-state index contributed by atoms with van der Waals surface area (Å²) in [5, 5.41) is 5.40. The molecule has 1 amide bonds. The number of para-hydroxylation sites is 2. The van der Waals surface area contributed by atoms with Crippen molar-refractivity contribution in [3.63, 3.8) is 0 Å². The lowest BCUT2D eigenvalue weighted by atomic mass is 10.2. The molecular formula is C26H23ClN4O4S. The largest absolute Gasteiger partial charge is 0.493 e. The van der Waals surface area contributed by atoms with Crippen molar-refractivity contribution in [3.05, 3.63) is 82.9 Å². The highest BCUT2D eigenvalue weighted by molar-refractivity contribution is 7.99. The second-order valence-electron chi connectivity index (χ2n) is 7.65. The van der Waals surface area contributed by atoms with Crippen LogP contribution in [0, 0.1) is 0 Å². The highest BCUT2D eigenvalue weighted by atomic mass is 35.5.